The summed E-state index contributed by atoms with van der Waals surface area (Å²) in [6.07, 6.45) is 10.8. The number of hydrogen-bond acceptors (Lipinski definition) is 7. The number of hydrogen-bond donors (Lipinski definition) is 2. The first-order valence-electron chi connectivity index (χ1n) is 14.2. The summed E-state index contributed by atoms with van der Waals surface area (Å²) in [7, 11) is 0. The molecule has 3 rings (SSSR count). The van der Waals surface area contributed by atoms with E-state index in [0.29, 0.717) is 17.9 Å². The second-order valence-corrected chi connectivity index (χ2v) is 10.7. The zero-order valence-corrected chi connectivity index (χ0v) is 26.2. The molecule has 214 valence electrons. The van der Waals surface area contributed by atoms with Crippen LogP contribution < -0.4 is 45.3 Å². The standard InChI is InChI=1S/C29H46N2O7.Na/c1-4-5-6-7-8-9-10-11-12-13-18-35-27-26-25(37-29(2,3)38-26)23(36-27)20-30-28(34)31-22-16-14-21(15-17-22)19-24(32)33;/h14-17,23,25-27H,4-13,18-20H2,1-3H3,(H,32,33)(H2,30,31,34);/q;+1/p-1/t23-,25-,26-,27-;/m0./s1. The van der Waals surface area contributed by atoms with Gasteiger partial charge in [-0.05, 0) is 38.0 Å². The van der Waals surface area contributed by atoms with E-state index in [4.69, 9.17) is 18.9 Å². The van der Waals surface area contributed by atoms with E-state index in [0.717, 1.165) is 12.8 Å². The Labute approximate surface area is 255 Å². The second kappa shape index (κ2) is 17.6. The fraction of sp³-hybridized carbons (Fsp3) is 0.724. The quantitative estimate of drug-likeness (QED) is 0.219. The third kappa shape index (κ3) is 12.1. The normalized spacial score (nSPS) is 23.2. The maximum atomic E-state index is 12.4. The zero-order valence-electron chi connectivity index (χ0n) is 24.2. The van der Waals surface area contributed by atoms with Crippen molar-refractivity contribution in [1.82, 2.24) is 5.32 Å². The van der Waals surface area contributed by atoms with Gasteiger partial charge < -0.3 is 39.5 Å². The Morgan fingerprint density at radius 1 is 0.923 bits per heavy atom. The molecule has 2 N–H and O–H groups in total. The van der Waals surface area contributed by atoms with E-state index in [-0.39, 0.29) is 54.7 Å². The number of urea groups is 1. The van der Waals surface area contributed by atoms with Gasteiger partial charge in [-0.15, -0.1) is 0 Å². The number of benzene rings is 1. The molecule has 2 heterocycles. The minimum atomic E-state index is -1.15. The van der Waals surface area contributed by atoms with Crippen LogP contribution in [0.25, 0.3) is 0 Å². The first-order chi connectivity index (χ1) is 18.3. The molecular formula is C29H45N2NaO7. The van der Waals surface area contributed by atoms with E-state index in [1.54, 1.807) is 24.3 Å². The molecule has 2 fully saturated rings. The number of ether oxygens (including phenoxy) is 4. The summed E-state index contributed by atoms with van der Waals surface area (Å²) < 4.78 is 24.3. The van der Waals surface area contributed by atoms with Crippen molar-refractivity contribution in [3.8, 4) is 0 Å². The Balaban J connectivity index is 0.00000533. The van der Waals surface area contributed by atoms with E-state index < -0.39 is 30.2 Å². The average molecular weight is 557 g/mol. The number of fused-ring (bicyclic) bond motifs is 1. The molecule has 0 spiro atoms. The molecule has 2 aliphatic heterocycles. The van der Waals surface area contributed by atoms with Gasteiger partial charge in [-0.3, -0.25) is 0 Å². The van der Waals surface area contributed by atoms with Gasteiger partial charge in [0.05, 0.1) is 0 Å². The first-order valence-corrected chi connectivity index (χ1v) is 14.2. The van der Waals surface area contributed by atoms with Crippen molar-refractivity contribution in [1.29, 1.82) is 0 Å². The number of carbonyl (C=O) groups excluding carboxylic acids is 2. The molecule has 39 heavy (non-hydrogen) atoms. The molecule has 4 atom stereocenters. The number of amides is 2. The first kappa shape index (κ1) is 34.0. The number of rotatable bonds is 17. The van der Waals surface area contributed by atoms with Crippen LogP contribution in [0.15, 0.2) is 24.3 Å². The number of carboxylic acids is 1. The van der Waals surface area contributed by atoms with Crippen LogP contribution in [0.2, 0.25) is 0 Å². The monoisotopic (exact) mass is 556 g/mol. The van der Waals surface area contributed by atoms with Gasteiger partial charge in [-0.2, -0.15) is 0 Å². The van der Waals surface area contributed by atoms with Gasteiger partial charge in [0.2, 0.25) is 0 Å². The summed E-state index contributed by atoms with van der Waals surface area (Å²) in [4.78, 5) is 23.1. The molecule has 2 saturated heterocycles. The molecular weight excluding hydrogens is 511 g/mol. The zero-order chi connectivity index (χ0) is 27.4. The van der Waals surface area contributed by atoms with E-state index >= 15 is 0 Å². The van der Waals surface area contributed by atoms with Gasteiger partial charge in [-0.1, -0.05) is 76.8 Å². The molecule has 0 unspecified atom stereocenters. The van der Waals surface area contributed by atoms with E-state index in [2.05, 4.69) is 17.6 Å². The second-order valence-electron chi connectivity index (χ2n) is 10.7. The maximum Gasteiger partial charge on any atom is 1.00 e. The topological polar surface area (TPSA) is 118 Å². The Morgan fingerprint density at radius 2 is 1.51 bits per heavy atom. The Bertz CT molecular complexity index is 868. The molecule has 1 aromatic carbocycles. The van der Waals surface area contributed by atoms with Crippen LogP contribution in [0.4, 0.5) is 10.5 Å². The molecule has 1 aromatic rings. The molecule has 0 saturated carbocycles. The Kier molecular flexibility index (Phi) is 15.3. The van der Waals surface area contributed by atoms with Gasteiger partial charge in [0, 0.05) is 31.2 Å². The molecule has 9 nitrogen and oxygen atoms in total. The predicted octanol–water partition coefficient (Wildman–Crippen LogP) is 1.29. The molecule has 2 amide bonds. The summed E-state index contributed by atoms with van der Waals surface area (Å²) in [6.45, 7) is 6.81. The number of anilines is 1. The van der Waals surface area contributed by atoms with Crippen molar-refractivity contribution in [3.63, 3.8) is 0 Å². The van der Waals surface area contributed by atoms with E-state index in [9.17, 15) is 14.7 Å². The summed E-state index contributed by atoms with van der Waals surface area (Å²) in [5, 5.41) is 16.3. The molecule has 0 aliphatic carbocycles. The van der Waals surface area contributed by atoms with Crippen LogP contribution >= 0.6 is 0 Å². The molecule has 2 aliphatic rings. The smallest absolute Gasteiger partial charge is 0.550 e. The van der Waals surface area contributed by atoms with E-state index in [1.807, 2.05) is 13.8 Å². The van der Waals surface area contributed by atoms with Crippen molar-refractivity contribution in [2.24, 2.45) is 0 Å². The Morgan fingerprint density at radius 3 is 2.13 bits per heavy atom. The number of nitrogens with one attached hydrogen (secondary N) is 2. The number of aliphatic carboxylic acids is 1. The van der Waals surface area contributed by atoms with Crippen LogP contribution in [0.3, 0.4) is 0 Å². The third-order valence-electron chi connectivity index (χ3n) is 6.91. The predicted molar refractivity (Wildman–Crippen MR) is 142 cm³/mol. The van der Waals surface area contributed by atoms with E-state index in [1.165, 1.54) is 51.4 Å². The third-order valence-corrected chi connectivity index (χ3v) is 6.91. The van der Waals surface area contributed by atoms with Crippen molar-refractivity contribution in [2.45, 2.75) is 122 Å². The number of unbranched alkanes of at least 4 members (excludes halogenated alkanes) is 9. The van der Waals surface area contributed by atoms with Crippen LogP contribution in [-0.2, 0) is 30.2 Å². The van der Waals surface area contributed by atoms with Gasteiger partial charge in [0.1, 0.15) is 18.3 Å². The summed E-state index contributed by atoms with van der Waals surface area (Å²) in [5.74, 6) is -1.89. The van der Waals surface area contributed by atoms with Gasteiger partial charge in [0.25, 0.3) is 0 Å². The summed E-state index contributed by atoms with van der Waals surface area (Å²) >= 11 is 0. The van der Waals surface area contributed by atoms with Crippen molar-refractivity contribution in [2.75, 3.05) is 18.5 Å². The molecule has 0 aromatic heterocycles. The van der Waals surface area contributed by atoms with Crippen LogP contribution in [0, 0.1) is 0 Å². The number of carbonyl (C=O) groups is 2. The molecule has 0 radical (unpaired) electrons. The van der Waals surface area contributed by atoms with Crippen molar-refractivity contribution in [3.05, 3.63) is 29.8 Å². The average Bonchev–Trinajstić information content (AvgIpc) is 3.35. The summed E-state index contributed by atoms with van der Waals surface area (Å²) in [6, 6.07) is 6.17. The van der Waals surface area contributed by atoms with Gasteiger partial charge in [0.15, 0.2) is 12.1 Å². The fourth-order valence-corrected chi connectivity index (χ4v) is 4.97. The van der Waals surface area contributed by atoms with Crippen LogP contribution in [0.5, 0.6) is 0 Å². The van der Waals surface area contributed by atoms with Gasteiger partial charge in [-0.25, -0.2) is 4.79 Å². The Hall–Kier alpha value is -1.20. The largest absolute Gasteiger partial charge is 1.00 e. The SMILES string of the molecule is CCCCCCCCCCCCO[C@H]1O[C@@H](CNC(=O)Nc2ccc(CC(=O)[O-])cc2)[C@@H]2OC(C)(C)O[C@H]12.[Na+]. The fourth-order valence-electron chi connectivity index (χ4n) is 4.97. The molecule has 0 bridgehead atoms. The van der Waals surface area contributed by atoms with Crippen molar-refractivity contribution < 1.29 is 63.2 Å². The van der Waals surface area contributed by atoms with Crippen LogP contribution in [-0.4, -0.2) is 55.5 Å². The van der Waals surface area contributed by atoms with Crippen molar-refractivity contribution >= 4 is 17.7 Å². The minimum Gasteiger partial charge on any atom is -0.550 e. The minimum absolute atomic E-state index is 0. The van der Waals surface area contributed by atoms with Gasteiger partial charge >= 0.3 is 35.6 Å². The maximum absolute atomic E-state index is 12.4. The molecule has 10 heteroatoms. The number of carboxylic acid groups (broad SMARTS) is 1. The summed E-state index contributed by atoms with van der Waals surface area (Å²) in [5.41, 5.74) is 1.15. The van der Waals surface area contributed by atoms with Crippen LogP contribution in [0.1, 0.15) is 90.5 Å².